The van der Waals surface area contributed by atoms with Crippen LogP contribution in [0.4, 0.5) is 0 Å². The molecule has 5 nitrogen and oxygen atoms in total. The number of rotatable bonds is 3. The highest BCUT2D eigenvalue weighted by Crippen LogP contribution is 2.16. The Hall–Kier alpha value is -1.75. The van der Waals surface area contributed by atoms with Crippen molar-refractivity contribution in [3.8, 4) is 11.4 Å². The van der Waals surface area contributed by atoms with Crippen LogP contribution in [0.25, 0.3) is 11.4 Å². The van der Waals surface area contributed by atoms with Gasteiger partial charge in [0.15, 0.2) is 5.82 Å². The maximum absolute atomic E-state index is 5.48. The normalized spacial score (nSPS) is 10.5. The molecule has 0 amide bonds. The third-order valence-electron chi connectivity index (χ3n) is 2.15. The summed E-state index contributed by atoms with van der Waals surface area (Å²) in [6.45, 7) is 3.21. The van der Waals surface area contributed by atoms with Gasteiger partial charge < -0.3 is 5.73 Å². The van der Waals surface area contributed by atoms with Gasteiger partial charge in [0.25, 0.3) is 0 Å². The van der Waals surface area contributed by atoms with Gasteiger partial charge in [0.05, 0.1) is 6.54 Å². The lowest BCUT2D eigenvalue weighted by atomic mass is 10.1. The molecule has 0 unspecified atom stereocenters. The number of nitrogens with two attached hydrogens (primary N) is 1. The average Bonchev–Trinajstić information content (AvgIpc) is 2.66. The van der Waals surface area contributed by atoms with Crippen molar-refractivity contribution in [2.45, 2.75) is 13.5 Å². The number of benzene rings is 1. The quantitative estimate of drug-likeness (QED) is 0.793. The van der Waals surface area contributed by atoms with E-state index in [-0.39, 0.29) is 0 Å². The fourth-order valence-electron chi connectivity index (χ4n) is 1.47. The molecule has 0 aliphatic rings. The van der Waals surface area contributed by atoms with Crippen LogP contribution in [0.1, 0.15) is 5.56 Å². The van der Waals surface area contributed by atoms with Crippen molar-refractivity contribution in [1.29, 1.82) is 0 Å². The van der Waals surface area contributed by atoms with E-state index in [9.17, 15) is 0 Å². The molecule has 0 aliphatic carbocycles. The molecule has 0 fully saturated rings. The van der Waals surface area contributed by atoms with Crippen molar-refractivity contribution >= 4 is 0 Å². The maximum atomic E-state index is 5.48. The van der Waals surface area contributed by atoms with Crippen LogP contribution in [-0.4, -0.2) is 26.8 Å². The molecule has 78 valence electrons. The number of hydrogen-bond acceptors (Lipinski definition) is 4. The predicted molar refractivity (Wildman–Crippen MR) is 57.0 cm³/mol. The Morgan fingerprint density at radius 3 is 3.00 bits per heavy atom. The summed E-state index contributed by atoms with van der Waals surface area (Å²) in [4.78, 5) is 0. The highest BCUT2D eigenvalue weighted by molar-refractivity contribution is 5.55. The summed E-state index contributed by atoms with van der Waals surface area (Å²) in [5.41, 5.74) is 7.69. The fraction of sp³-hybridized carbons (Fsp3) is 0.300. The molecule has 0 saturated heterocycles. The van der Waals surface area contributed by atoms with Crippen molar-refractivity contribution in [2.75, 3.05) is 6.54 Å². The standard InChI is InChI=1S/C10H13N5/c1-8-3-2-4-9(7-8)10-12-13-14-15(10)6-5-11/h2-4,7H,5-6,11H2,1H3. The van der Waals surface area contributed by atoms with E-state index in [0.717, 1.165) is 11.4 Å². The van der Waals surface area contributed by atoms with Crippen LogP contribution in [0.2, 0.25) is 0 Å². The molecule has 0 radical (unpaired) electrons. The molecule has 0 aliphatic heterocycles. The van der Waals surface area contributed by atoms with Gasteiger partial charge in [0.2, 0.25) is 0 Å². The van der Waals surface area contributed by atoms with E-state index in [1.165, 1.54) is 5.56 Å². The first-order valence-electron chi connectivity index (χ1n) is 4.84. The molecule has 2 aromatic rings. The molecule has 15 heavy (non-hydrogen) atoms. The number of aromatic nitrogens is 4. The van der Waals surface area contributed by atoms with E-state index >= 15 is 0 Å². The first-order chi connectivity index (χ1) is 7.31. The van der Waals surface area contributed by atoms with Gasteiger partial charge in [-0.2, -0.15) is 0 Å². The SMILES string of the molecule is Cc1cccc(-c2nnnn2CCN)c1. The minimum atomic E-state index is 0.532. The average molecular weight is 203 g/mol. The Morgan fingerprint density at radius 1 is 1.40 bits per heavy atom. The molecular weight excluding hydrogens is 190 g/mol. The monoisotopic (exact) mass is 203 g/mol. The summed E-state index contributed by atoms with van der Waals surface area (Å²) in [6.07, 6.45) is 0. The van der Waals surface area contributed by atoms with Crippen LogP contribution in [0, 0.1) is 6.92 Å². The highest BCUT2D eigenvalue weighted by atomic mass is 15.5. The number of aryl methyl sites for hydroxylation is 1. The van der Waals surface area contributed by atoms with Gasteiger partial charge in [-0.25, -0.2) is 4.68 Å². The third-order valence-corrected chi connectivity index (χ3v) is 2.15. The first-order valence-corrected chi connectivity index (χ1v) is 4.84. The van der Waals surface area contributed by atoms with E-state index in [4.69, 9.17) is 5.73 Å². The maximum Gasteiger partial charge on any atom is 0.182 e. The molecule has 5 heteroatoms. The summed E-state index contributed by atoms with van der Waals surface area (Å²) >= 11 is 0. The Labute approximate surface area is 87.9 Å². The lowest BCUT2D eigenvalue weighted by Crippen LogP contribution is -2.12. The van der Waals surface area contributed by atoms with Crippen LogP contribution >= 0.6 is 0 Å². The van der Waals surface area contributed by atoms with Gasteiger partial charge in [-0.3, -0.25) is 0 Å². The summed E-state index contributed by atoms with van der Waals surface area (Å²) in [5, 5.41) is 11.5. The van der Waals surface area contributed by atoms with Gasteiger partial charge in [-0.1, -0.05) is 23.8 Å². The van der Waals surface area contributed by atoms with E-state index in [1.807, 2.05) is 25.1 Å². The van der Waals surface area contributed by atoms with Crippen molar-refractivity contribution in [3.63, 3.8) is 0 Å². The smallest absolute Gasteiger partial charge is 0.182 e. The van der Waals surface area contributed by atoms with Crippen LogP contribution < -0.4 is 5.73 Å². The Bertz CT molecular complexity index is 449. The van der Waals surface area contributed by atoms with Gasteiger partial charge in [-0.05, 0) is 23.4 Å². The van der Waals surface area contributed by atoms with Crippen LogP contribution in [0.3, 0.4) is 0 Å². The number of nitrogens with zero attached hydrogens (tertiary/aromatic N) is 4. The molecule has 0 atom stereocenters. The first kappa shape index (κ1) is 9.79. The molecule has 1 aromatic carbocycles. The minimum Gasteiger partial charge on any atom is -0.329 e. The molecule has 2 rings (SSSR count). The van der Waals surface area contributed by atoms with Gasteiger partial charge in [-0.15, -0.1) is 5.10 Å². The molecule has 0 spiro atoms. The van der Waals surface area contributed by atoms with Crippen molar-refractivity contribution in [2.24, 2.45) is 5.73 Å². The largest absolute Gasteiger partial charge is 0.329 e. The van der Waals surface area contributed by atoms with Crippen molar-refractivity contribution in [3.05, 3.63) is 29.8 Å². The summed E-state index contributed by atoms with van der Waals surface area (Å²) in [6, 6.07) is 8.08. The van der Waals surface area contributed by atoms with E-state index in [2.05, 4.69) is 21.6 Å². The third kappa shape index (κ3) is 2.02. The molecule has 0 saturated carbocycles. The van der Waals surface area contributed by atoms with Crippen LogP contribution in [-0.2, 0) is 6.54 Å². The zero-order valence-electron chi connectivity index (χ0n) is 8.59. The van der Waals surface area contributed by atoms with Gasteiger partial charge in [0.1, 0.15) is 0 Å². The number of hydrogen-bond donors (Lipinski definition) is 1. The number of tetrazole rings is 1. The van der Waals surface area contributed by atoms with Crippen molar-refractivity contribution < 1.29 is 0 Å². The Morgan fingerprint density at radius 2 is 2.27 bits per heavy atom. The van der Waals surface area contributed by atoms with Gasteiger partial charge in [0, 0.05) is 12.1 Å². The van der Waals surface area contributed by atoms with Crippen LogP contribution in [0.5, 0.6) is 0 Å². The highest BCUT2D eigenvalue weighted by Gasteiger charge is 2.07. The molecule has 0 bridgehead atoms. The molecular formula is C10H13N5. The molecule has 1 aromatic heterocycles. The predicted octanol–water partition coefficient (Wildman–Crippen LogP) is 0.607. The second-order valence-electron chi connectivity index (χ2n) is 3.38. The van der Waals surface area contributed by atoms with E-state index in [0.29, 0.717) is 13.1 Å². The lowest BCUT2D eigenvalue weighted by Gasteiger charge is -2.03. The summed E-state index contributed by atoms with van der Waals surface area (Å²) in [5.74, 6) is 0.768. The Balaban J connectivity index is 2.40. The summed E-state index contributed by atoms with van der Waals surface area (Å²) < 4.78 is 1.72. The lowest BCUT2D eigenvalue weighted by molar-refractivity contribution is 0.603. The summed E-state index contributed by atoms with van der Waals surface area (Å²) in [7, 11) is 0. The second-order valence-corrected chi connectivity index (χ2v) is 3.38. The zero-order chi connectivity index (χ0) is 10.7. The topological polar surface area (TPSA) is 69.6 Å². The van der Waals surface area contributed by atoms with E-state index in [1.54, 1.807) is 4.68 Å². The van der Waals surface area contributed by atoms with Crippen molar-refractivity contribution in [1.82, 2.24) is 20.2 Å². The Kier molecular flexibility index (Phi) is 2.73. The minimum absolute atomic E-state index is 0.532. The van der Waals surface area contributed by atoms with Crippen LogP contribution in [0.15, 0.2) is 24.3 Å². The fourth-order valence-corrected chi connectivity index (χ4v) is 1.47. The second kappa shape index (κ2) is 4.18. The molecule has 1 heterocycles. The zero-order valence-corrected chi connectivity index (χ0v) is 8.59. The van der Waals surface area contributed by atoms with Gasteiger partial charge >= 0.3 is 0 Å². The van der Waals surface area contributed by atoms with E-state index < -0.39 is 0 Å². The molecule has 2 N–H and O–H groups in total.